The first-order valence-corrected chi connectivity index (χ1v) is 5.53. The Labute approximate surface area is 95.3 Å². The molecule has 1 aromatic heterocycles. The Balaban J connectivity index is 2.13. The summed E-state index contributed by atoms with van der Waals surface area (Å²) in [4.78, 5) is 4.06. The molecule has 1 unspecified atom stereocenters. The van der Waals surface area contributed by atoms with Crippen LogP contribution in [0.5, 0.6) is 5.75 Å². The van der Waals surface area contributed by atoms with Crippen LogP contribution in [0.4, 0.5) is 0 Å². The van der Waals surface area contributed by atoms with Crippen LogP contribution in [0.1, 0.15) is 24.1 Å². The molecule has 1 saturated heterocycles. The van der Waals surface area contributed by atoms with Gasteiger partial charge < -0.3 is 10.1 Å². The molecule has 1 atom stereocenters. The van der Waals surface area contributed by atoms with Gasteiger partial charge in [0.1, 0.15) is 12.2 Å². The summed E-state index contributed by atoms with van der Waals surface area (Å²) in [5.74, 6) is 0.608. The van der Waals surface area contributed by atoms with Gasteiger partial charge in [-0.05, 0) is 37.9 Å². The number of nitrogens with zero attached hydrogens (tertiary/aromatic N) is 2. The van der Waals surface area contributed by atoms with Crippen LogP contribution in [-0.2, 0) is 0 Å². The van der Waals surface area contributed by atoms with Crippen molar-refractivity contribution in [2.75, 3.05) is 13.1 Å². The predicted molar refractivity (Wildman–Crippen MR) is 60.2 cm³/mol. The Bertz CT molecular complexity index is 405. The molecule has 0 aliphatic carbocycles. The molecular weight excluding hydrogens is 202 g/mol. The molecule has 84 valence electrons. The van der Waals surface area contributed by atoms with E-state index in [9.17, 15) is 0 Å². The first-order chi connectivity index (χ1) is 7.79. The Kier molecular flexibility index (Phi) is 3.37. The highest BCUT2D eigenvalue weighted by molar-refractivity contribution is 5.39. The molecule has 1 N–H and O–H groups in total. The number of ether oxygens (including phenoxy) is 1. The SMILES string of the molecule is Cc1cnc(C#N)c(OC2CCCNC2)c1. The molecule has 4 heteroatoms. The van der Waals surface area contributed by atoms with Gasteiger partial charge in [0.2, 0.25) is 0 Å². The number of nitriles is 1. The molecule has 0 aromatic carbocycles. The maximum atomic E-state index is 8.93. The minimum Gasteiger partial charge on any atom is -0.486 e. The molecule has 2 rings (SSSR count). The normalized spacial score (nSPS) is 20.1. The fourth-order valence-electron chi connectivity index (χ4n) is 1.82. The fraction of sp³-hybridized carbons (Fsp3) is 0.500. The number of hydrogen-bond donors (Lipinski definition) is 1. The second kappa shape index (κ2) is 4.95. The van der Waals surface area contributed by atoms with E-state index < -0.39 is 0 Å². The van der Waals surface area contributed by atoms with Gasteiger partial charge in [-0.1, -0.05) is 0 Å². The number of hydrogen-bond acceptors (Lipinski definition) is 4. The number of aromatic nitrogens is 1. The highest BCUT2D eigenvalue weighted by atomic mass is 16.5. The summed E-state index contributed by atoms with van der Waals surface area (Å²) in [5, 5.41) is 12.2. The summed E-state index contributed by atoms with van der Waals surface area (Å²) in [7, 11) is 0. The zero-order valence-corrected chi connectivity index (χ0v) is 9.36. The third-order valence-corrected chi connectivity index (χ3v) is 2.64. The van der Waals surface area contributed by atoms with E-state index in [1.165, 1.54) is 0 Å². The second-order valence-electron chi connectivity index (χ2n) is 4.06. The van der Waals surface area contributed by atoms with Crippen molar-refractivity contribution in [1.82, 2.24) is 10.3 Å². The second-order valence-corrected chi connectivity index (χ2v) is 4.06. The molecule has 4 nitrogen and oxygen atoms in total. The summed E-state index contributed by atoms with van der Waals surface area (Å²) in [6.07, 6.45) is 3.99. The lowest BCUT2D eigenvalue weighted by Gasteiger charge is -2.24. The van der Waals surface area contributed by atoms with Gasteiger partial charge in [0.15, 0.2) is 11.4 Å². The van der Waals surface area contributed by atoms with Crippen molar-refractivity contribution < 1.29 is 4.74 Å². The number of piperidine rings is 1. The molecule has 1 aromatic rings. The molecule has 0 saturated carbocycles. The fourth-order valence-corrected chi connectivity index (χ4v) is 1.82. The van der Waals surface area contributed by atoms with Crippen LogP contribution in [0.15, 0.2) is 12.3 Å². The van der Waals surface area contributed by atoms with Crippen LogP contribution in [0.25, 0.3) is 0 Å². The molecule has 0 radical (unpaired) electrons. The van der Waals surface area contributed by atoms with Crippen molar-refractivity contribution in [2.45, 2.75) is 25.9 Å². The van der Waals surface area contributed by atoms with E-state index in [0.29, 0.717) is 11.4 Å². The van der Waals surface area contributed by atoms with E-state index in [4.69, 9.17) is 10.00 Å². The maximum Gasteiger partial charge on any atom is 0.182 e. The predicted octanol–water partition coefficient (Wildman–Crippen LogP) is 1.39. The molecule has 1 aliphatic heterocycles. The summed E-state index contributed by atoms with van der Waals surface area (Å²) >= 11 is 0. The monoisotopic (exact) mass is 217 g/mol. The van der Waals surface area contributed by atoms with Gasteiger partial charge in [-0.25, -0.2) is 4.98 Å². The van der Waals surface area contributed by atoms with Crippen molar-refractivity contribution in [3.05, 3.63) is 23.5 Å². The quantitative estimate of drug-likeness (QED) is 0.813. The largest absolute Gasteiger partial charge is 0.486 e. The Morgan fingerprint density at radius 1 is 1.62 bits per heavy atom. The average Bonchev–Trinajstić information content (AvgIpc) is 2.31. The minimum atomic E-state index is 0.157. The van der Waals surface area contributed by atoms with Crippen LogP contribution in [0, 0.1) is 18.3 Å². The van der Waals surface area contributed by atoms with Gasteiger partial charge in [-0.3, -0.25) is 0 Å². The van der Waals surface area contributed by atoms with Gasteiger partial charge >= 0.3 is 0 Å². The van der Waals surface area contributed by atoms with Gasteiger partial charge in [0, 0.05) is 12.7 Å². The van der Waals surface area contributed by atoms with Crippen molar-refractivity contribution >= 4 is 0 Å². The molecule has 16 heavy (non-hydrogen) atoms. The number of aryl methyl sites for hydroxylation is 1. The van der Waals surface area contributed by atoms with Crippen LogP contribution in [0.2, 0.25) is 0 Å². The topological polar surface area (TPSA) is 57.9 Å². The Morgan fingerprint density at radius 3 is 3.19 bits per heavy atom. The number of nitrogens with one attached hydrogen (secondary N) is 1. The maximum absolute atomic E-state index is 8.93. The van der Waals surface area contributed by atoms with Crippen LogP contribution in [0.3, 0.4) is 0 Å². The summed E-state index contributed by atoms with van der Waals surface area (Å²) in [5.41, 5.74) is 1.38. The van der Waals surface area contributed by atoms with E-state index in [0.717, 1.165) is 31.5 Å². The first kappa shape index (κ1) is 10.9. The van der Waals surface area contributed by atoms with E-state index in [1.807, 2.05) is 13.0 Å². The van der Waals surface area contributed by atoms with Gasteiger partial charge in [-0.2, -0.15) is 5.26 Å². The zero-order chi connectivity index (χ0) is 11.4. The van der Waals surface area contributed by atoms with E-state index in [1.54, 1.807) is 6.20 Å². The Hall–Kier alpha value is -1.60. The van der Waals surface area contributed by atoms with Gasteiger partial charge in [0.05, 0.1) is 0 Å². The lowest BCUT2D eigenvalue weighted by atomic mass is 10.1. The molecule has 1 fully saturated rings. The zero-order valence-electron chi connectivity index (χ0n) is 9.36. The smallest absolute Gasteiger partial charge is 0.182 e. The van der Waals surface area contributed by atoms with Crippen LogP contribution < -0.4 is 10.1 Å². The van der Waals surface area contributed by atoms with E-state index in [2.05, 4.69) is 16.4 Å². The lowest BCUT2D eigenvalue weighted by Crippen LogP contribution is -2.37. The molecule has 1 aliphatic rings. The van der Waals surface area contributed by atoms with Gasteiger partial charge in [0.25, 0.3) is 0 Å². The van der Waals surface area contributed by atoms with Crippen molar-refractivity contribution in [3.63, 3.8) is 0 Å². The number of rotatable bonds is 2. The third kappa shape index (κ3) is 2.50. The van der Waals surface area contributed by atoms with Crippen molar-refractivity contribution in [2.24, 2.45) is 0 Å². The lowest BCUT2D eigenvalue weighted by molar-refractivity contribution is 0.166. The van der Waals surface area contributed by atoms with Crippen LogP contribution >= 0.6 is 0 Å². The molecule has 0 bridgehead atoms. The highest BCUT2D eigenvalue weighted by Crippen LogP contribution is 2.20. The van der Waals surface area contributed by atoms with Gasteiger partial charge in [-0.15, -0.1) is 0 Å². The van der Waals surface area contributed by atoms with Crippen molar-refractivity contribution in [1.29, 1.82) is 5.26 Å². The minimum absolute atomic E-state index is 0.157. The summed E-state index contributed by atoms with van der Waals surface area (Å²) in [6.45, 7) is 3.84. The number of pyridine rings is 1. The highest BCUT2D eigenvalue weighted by Gasteiger charge is 2.16. The molecule has 0 spiro atoms. The summed E-state index contributed by atoms with van der Waals surface area (Å²) < 4.78 is 5.81. The molecule has 2 heterocycles. The van der Waals surface area contributed by atoms with Crippen LogP contribution in [-0.4, -0.2) is 24.2 Å². The van der Waals surface area contributed by atoms with Crippen molar-refractivity contribution in [3.8, 4) is 11.8 Å². The van der Waals surface area contributed by atoms with E-state index >= 15 is 0 Å². The first-order valence-electron chi connectivity index (χ1n) is 5.53. The third-order valence-electron chi connectivity index (χ3n) is 2.64. The summed E-state index contributed by atoms with van der Waals surface area (Å²) in [6, 6.07) is 3.93. The Morgan fingerprint density at radius 2 is 2.50 bits per heavy atom. The van der Waals surface area contributed by atoms with E-state index in [-0.39, 0.29) is 6.10 Å². The molecule has 0 amide bonds. The average molecular weight is 217 g/mol. The molecular formula is C12H15N3O. The standard InChI is InChI=1S/C12H15N3O/c1-9-5-12(11(6-13)15-7-9)16-10-3-2-4-14-8-10/h5,7,10,14H,2-4,8H2,1H3.